The van der Waals surface area contributed by atoms with E-state index >= 15 is 0 Å². The molecule has 2 fully saturated rings. The Labute approximate surface area is 131 Å². The summed E-state index contributed by atoms with van der Waals surface area (Å²) in [6, 6.07) is 5.63. The standard InChI is InChI=1S/C17H24N2O3/c20-16(17(21)8-2-3-9-17)19-11-6-14(7-12-19)13-22-15-5-1-4-10-18-15/h1,4-5,10,14,21H,2-3,6-9,11-13H2. The Bertz CT molecular complexity index is 492. The van der Waals surface area contributed by atoms with E-state index < -0.39 is 5.60 Å². The third-order valence-corrected chi connectivity index (χ3v) is 4.84. The Morgan fingerprint density at radius 2 is 2.05 bits per heavy atom. The summed E-state index contributed by atoms with van der Waals surface area (Å²) in [5.74, 6) is 1.04. The molecule has 0 unspecified atom stereocenters. The van der Waals surface area contributed by atoms with Crippen molar-refractivity contribution in [2.75, 3.05) is 19.7 Å². The molecule has 0 spiro atoms. The zero-order chi connectivity index (χ0) is 15.4. The number of aromatic nitrogens is 1. The first-order valence-corrected chi connectivity index (χ1v) is 8.23. The molecule has 3 rings (SSSR count). The molecule has 1 aromatic rings. The normalized spacial score (nSPS) is 21.8. The summed E-state index contributed by atoms with van der Waals surface area (Å²) in [5.41, 5.74) is -1.09. The van der Waals surface area contributed by atoms with Gasteiger partial charge < -0.3 is 14.7 Å². The lowest BCUT2D eigenvalue weighted by atomic mass is 9.94. The number of piperidine rings is 1. The number of hydrogen-bond acceptors (Lipinski definition) is 4. The van der Waals surface area contributed by atoms with Gasteiger partial charge in [0.05, 0.1) is 6.61 Å². The zero-order valence-electron chi connectivity index (χ0n) is 12.9. The van der Waals surface area contributed by atoms with Crippen LogP contribution in [-0.2, 0) is 4.79 Å². The quantitative estimate of drug-likeness (QED) is 0.924. The summed E-state index contributed by atoms with van der Waals surface area (Å²) in [4.78, 5) is 18.4. The number of rotatable bonds is 4. The number of nitrogens with zero attached hydrogens (tertiary/aromatic N) is 2. The summed E-state index contributed by atoms with van der Waals surface area (Å²) < 4.78 is 5.70. The fourth-order valence-electron chi connectivity index (χ4n) is 3.41. The fraction of sp³-hybridized carbons (Fsp3) is 0.647. The molecule has 1 aliphatic carbocycles. The van der Waals surface area contributed by atoms with Crippen molar-refractivity contribution in [3.05, 3.63) is 24.4 Å². The largest absolute Gasteiger partial charge is 0.477 e. The Morgan fingerprint density at radius 3 is 2.68 bits per heavy atom. The lowest BCUT2D eigenvalue weighted by molar-refractivity contribution is -0.152. The van der Waals surface area contributed by atoms with Crippen molar-refractivity contribution in [1.82, 2.24) is 9.88 Å². The van der Waals surface area contributed by atoms with Gasteiger partial charge in [-0.1, -0.05) is 6.07 Å². The molecule has 2 heterocycles. The van der Waals surface area contributed by atoms with Crippen molar-refractivity contribution in [2.24, 2.45) is 5.92 Å². The highest BCUT2D eigenvalue weighted by Crippen LogP contribution is 2.32. The summed E-state index contributed by atoms with van der Waals surface area (Å²) in [5, 5.41) is 10.4. The van der Waals surface area contributed by atoms with Gasteiger partial charge in [0.25, 0.3) is 5.91 Å². The molecule has 0 bridgehead atoms. The maximum absolute atomic E-state index is 12.4. The Hall–Kier alpha value is -1.62. The average molecular weight is 304 g/mol. The lowest BCUT2D eigenvalue weighted by Gasteiger charge is -2.36. The molecule has 0 atom stereocenters. The Balaban J connectivity index is 1.45. The van der Waals surface area contributed by atoms with Gasteiger partial charge in [-0.3, -0.25) is 4.79 Å². The number of aliphatic hydroxyl groups is 1. The minimum Gasteiger partial charge on any atom is -0.477 e. The molecule has 1 aromatic heterocycles. The van der Waals surface area contributed by atoms with Crippen molar-refractivity contribution in [3.63, 3.8) is 0 Å². The van der Waals surface area contributed by atoms with Gasteiger partial charge in [-0.25, -0.2) is 4.98 Å². The van der Waals surface area contributed by atoms with Crippen molar-refractivity contribution in [2.45, 2.75) is 44.1 Å². The van der Waals surface area contributed by atoms with Crippen molar-refractivity contribution < 1.29 is 14.6 Å². The van der Waals surface area contributed by atoms with E-state index in [4.69, 9.17) is 4.74 Å². The third-order valence-electron chi connectivity index (χ3n) is 4.84. The molecule has 1 saturated carbocycles. The molecule has 1 saturated heterocycles. The molecule has 1 amide bonds. The van der Waals surface area contributed by atoms with Crippen molar-refractivity contribution >= 4 is 5.91 Å². The lowest BCUT2D eigenvalue weighted by Crippen LogP contribution is -2.50. The number of carbonyl (C=O) groups excluding carboxylic acids is 1. The predicted molar refractivity (Wildman–Crippen MR) is 82.5 cm³/mol. The highest BCUT2D eigenvalue weighted by Gasteiger charge is 2.42. The van der Waals surface area contributed by atoms with Gasteiger partial charge in [-0.05, 0) is 50.5 Å². The van der Waals surface area contributed by atoms with E-state index in [1.165, 1.54) is 0 Å². The molecule has 5 nitrogen and oxygen atoms in total. The van der Waals surface area contributed by atoms with Gasteiger partial charge >= 0.3 is 0 Å². The maximum atomic E-state index is 12.4. The van der Waals surface area contributed by atoms with Crippen LogP contribution in [0.25, 0.3) is 0 Å². The SMILES string of the molecule is O=C(N1CCC(COc2ccccn2)CC1)C1(O)CCCC1. The second-order valence-electron chi connectivity index (χ2n) is 6.45. The van der Waals surface area contributed by atoms with E-state index in [1.54, 1.807) is 6.20 Å². The van der Waals surface area contributed by atoms with Crippen LogP contribution in [-0.4, -0.2) is 46.2 Å². The summed E-state index contributed by atoms with van der Waals surface area (Å²) in [6.45, 7) is 2.08. The molecule has 22 heavy (non-hydrogen) atoms. The Morgan fingerprint density at radius 1 is 1.32 bits per heavy atom. The number of carbonyl (C=O) groups is 1. The van der Waals surface area contributed by atoms with Gasteiger partial charge in [0.1, 0.15) is 5.60 Å². The highest BCUT2D eigenvalue weighted by molar-refractivity contribution is 5.85. The first-order chi connectivity index (χ1) is 10.7. The van der Waals surface area contributed by atoms with Crippen LogP contribution in [0, 0.1) is 5.92 Å². The predicted octanol–water partition coefficient (Wildman–Crippen LogP) is 2.00. The molecule has 1 N–H and O–H groups in total. The van der Waals surface area contributed by atoms with Crippen LogP contribution < -0.4 is 4.74 Å². The van der Waals surface area contributed by atoms with E-state index in [-0.39, 0.29) is 5.91 Å². The van der Waals surface area contributed by atoms with E-state index in [0.717, 1.165) is 38.8 Å². The number of ether oxygens (including phenoxy) is 1. The van der Waals surface area contributed by atoms with Gasteiger partial charge in [0.15, 0.2) is 0 Å². The second kappa shape index (κ2) is 6.65. The molecular formula is C17H24N2O3. The average Bonchev–Trinajstić information content (AvgIpc) is 3.02. The first kappa shape index (κ1) is 15.3. The van der Waals surface area contributed by atoms with Crippen LogP contribution in [0.4, 0.5) is 0 Å². The van der Waals surface area contributed by atoms with Crippen LogP contribution in [0.5, 0.6) is 5.88 Å². The number of hydrogen-bond donors (Lipinski definition) is 1. The molecule has 120 valence electrons. The van der Waals surface area contributed by atoms with Crippen LogP contribution in [0.3, 0.4) is 0 Å². The summed E-state index contributed by atoms with van der Waals surface area (Å²) >= 11 is 0. The molecule has 2 aliphatic rings. The van der Waals surface area contributed by atoms with E-state index in [0.29, 0.717) is 31.2 Å². The minimum atomic E-state index is -1.09. The van der Waals surface area contributed by atoms with Gasteiger partial charge in [-0.15, -0.1) is 0 Å². The summed E-state index contributed by atoms with van der Waals surface area (Å²) in [6.07, 6.45) is 6.72. The van der Waals surface area contributed by atoms with Gasteiger partial charge in [0.2, 0.25) is 5.88 Å². The maximum Gasteiger partial charge on any atom is 0.254 e. The number of amides is 1. The minimum absolute atomic E-state index is 0.0610. The van der Waals surface area contributed by atoms with Gasteiger partial charge in [0, 0.05) is 25.4 Å². The second-order valence-corrected chi connectivity index (χ2v) is 6.45. The van der Waals surface area contributed by atoms with Crippen molar-refractivity contribution in [1.29, 1.82) is 0 Å². The molecule has 0 radical (unpaired) electrons. The molecule has 1 aliphatic heterocycles. The molecular weight excluding hydrogens is 280 g/mol. The topological polar surface area (TPSA) is 62.7 Å². The molecule has 5 heteroatoms. The van der Waals surface area contributed by atoms with Crippen LogP contribution in [0.2, 0.25) is 0 Å². The first-order valence-electron chi connectivity index (χ1n) is 8.23. The zero-order valence-corrected chi connectivity index (χ0v) is 12.9. The summed E-state index contributed by atoms with van der Waals surface area (Å²) in [7, 11) is 0. The third kappa shape index (κ3) is 3.40. The van der Waals surface area contributed by atoms with E-state index in [1.807, 2.05) is 23.1 Å². The smallest absolute Gasteiger partial charge is 0.254 e. The monoisotopic (exact) mass is 304 g/mol. The molecule has 0 aromatic carbocycles. The Kier molecular flexibility index (Phi) is 4.62. The fourth-order valence-corrected chi connectivity index (χ4v) is 3.41. The van der Waals surface area contributed by atoms with Crippen molar-refractivity contribution in [3.8, 4) is 5.88 Å². The van der Waals surface area contributed by atoms with Crippen LogP contribution >= 0.6 is 0 Å². The van der Waals surface area contributed by atoms with Gasteiger partial charge in [-0.2, -0.15) is 0 Å². The number of likely N-dealkylation sites (tertiary alicyclic amines) is 1. The number of pyridine rings is 1. The van der Waals surface area contributed by atoms with E-state index in [9.17, 15) is 9.90 Å². The van der Waals surface area contributed by atoms with Crippen LogP contribution in [0.1, 0.15) is 38.5 Å². The highest BCUT2D eigenvalue weighted by atomic mass is 16.5. The van der Waals surface area contributed by atoms with E-state index in [2.05, 4.69) is 4.98 Å². The van der Waals surface area contributed by atoms with Crippen LogP contribution in [0.15, 0.2) is 24.4 Å².